The van der Waals surface area contributed by atoms with Crippen LogP contribution in [0.15, 0.2) is 60.1 Å². The fourth-order valence-electron chi connectivity index (χ4n) is 2.98. The maximum Gasteiger partial charge on any atom is 0.187 e. The predicted octanol–water partition coefficient (Wildman–Crippen LogP) is 5.47. The van der Waals surface area contributed by atoms with Gasteiger partial charge in [-0.25, -0.2) is 4.98 Å². The Balaban J connectivity index is 1.56. The molecule has 3 heterocycles. The average Bonchev–Trinajstić information content (AvgIpc) is 3.37. The van der Waals surface area contributed by atoms with Crippen molar-refractivity contribution < 1.29 is 0 Å². The van der Waals surface area contributed by atoms with E-state index >= 15 is 0 Å². The molecule has 9 heteroatoms. The van der Waals surface area contributed by atoms with E-state index in [0.29, 0.717) is 32.2 Å². The molecule has 0 amide bonds. The van der Waals surface area contributed by atoms with Gasteiger partial charge in [-0.15, -0.1) is 21.5 Å². The average molecular weight is 439 g/mol. The van der Waals surface area contributed by atoms with E-state index < -0.39 is 0 Å². The second-order valence-corrected chi connectivity index (χ2v) is 8.01. The molecule has 0 aliphatic carbocycles. The summed E-state index contributed by atoms with van der Waals surface area (Å²) in [5.41, 5.74) is 11.0. The third-order valence-corrected chi connectivity index (χ3v) is 5.81. The van der Waals surface area contributed by atoms with Gasteiger partial charge in [0.25, 0.3) is 0 Å². The summed E-state index contributed by atoms with van der Waals surface area (Å²) in [4.78, 5) is 4.66. The predicted molar refractivity (Wildman–Crippen MR) is 117 cm³/mol. The molecular weight excluding hydrogens is 427 g/mol. The molecule has 2 aromatic carbocycles. The van der Waals surface area contributed by atoms with Crippen molar-refractivity contribution in [2.24, 2.45) is 0 Å². The molecule has 0 aliphatic rings. The van der Waals surface area contributed by atoms with Crippen molar-refractivity contribution in [2.45, 2.75) is 0 Å². The van der Waals surface area contributed by atoms with Crippen molar-refractivity contribution >= 4 is 46.0 Å². The Hall–Kier alpha value is -3.00. The summed E-state index contributed by atoms with van der Waals surface area (Å²) in [6, 6.07) is 15.0. The summed E-state index contributed by atoms with van der Waals surface area (Å²) in [5, 5.41) is 17.1. The summed E-state index contributed by atoms with van der Waals surface area (Å²) in [5.74, 6) is 0.382. The van der Waals surface area contributed by atoms with Crippen LogP contribution in [-0.4, -0.2) is 24.8 Å². The van der Waals surface area contributed by atoms with Crippen LogP contribution in [0.5, 0.6) is 0 Å². The molecule has 2 N–H and O–H groups in total. The van der Waals surface area contributed by atoms with E-state index in [2.05, 4.69) is 20.3 Å². The number of halogens is 2. The minimum Gasteiger partial charge on any atom is -0.382 e. The van der Waals surface area contributed by atoms with Gasteiger partial charge >= 0.3 is 0 Å². The summed E-state index contributed by atoms with van der Waals surface area (Å²) in [7, 11) is 0. The summed E-state index contributed by atoms with van der Waals surface area (Å²) < 4.78 is 1.58. The Morgan fingerprint density at radius 1 is 0.862 bits per heavy atom. The maximum atomic E-state index is 6.36. The topological polar surface area (TPSA) is 82.0 Å². The number of hydrogen-bond acceptors (Lipinski definition) is 6. The quantitative estimate of drug-likeness (QED) is 0.403. The minimum absolute atomic E-state index is 0.382. The number of aromatic nitrogens is 5. The molecule has 5 rings (SSSR count). The molecule has 0 unspecified atom stereocenters. The molecule has 5 aromatic rings. The molecule has 0 fully saturated rings. The highest BCUT2D eigenvalue weighted by atomic mass is 35.5. The van der Waals surface area contributed by atoms with Crippen LogP contribution in [0.4, 0.5) is 5.82 Å². The lowest BCUT2D eigenvalue weighted by Gasteiger charge is -2.04. The largest absolute Gasteiger partial charge is 0.382 e. The van der Waals surface area contributed by atoms with Crippen molar-refractivity contribution in [3.8, 4) is 33.1 Å². The number of rotatable bonds is 3. The number of benzene rings is 2. The smallest absolute Gasteiger partial charge is 0.187 e. The highest BCUT2D eigenvalue weighted by molar-refractivity contribution is 7.13. The lowest BCUT2D eigenvalue weighted by Crippen LogP contribution is -2.05. The van der Waals surface area contributed by atoms with Crippen LogP contribution in [0.3, 0.4) is 0 Å². The summed E-state index contributed by atoms with van der Waals surface area (Å²) >= 11 is 13.4. The van der Waals surface area contributed by atoms with Gasteiger partial charge in [0.2, 0.25) is 0 Å². The Kier molecular flexibility index (Phi) is 4.43. The first-order valence-electron chi connectivity index (χ1n) is 8.58. The van der Waals surface area contributed by atoms with E-state index in [1.54, 1.807) is 10.7 Å². The van der Waals surface area contributed by atoms with Crippen LogP contribution in [0, 0.1) is 0 Å². The monoisotopic (exact) mass is 438 g/mol. The number of fused-ring (bicyclic) bond motifs is 1. The van der Waals surface area contributed by atoms with E-state index in [9.17, 15) is 0 Å². The molecule has 0 atom stereocenters. The number of nitrogens with zero attached hydrogens (tertiary/aromatic N) is 5. The van der Waals surface area contributed by atoms with Gasteiger partial charge < -0.3 is 5.73 Å². The van der Waals surface area contributed by atoms with E-state index in [4.69, 9.17) is 28.9 Å². The van der Waals surface area contributed by atoms with Crippen LogP contribution in [0.25, 0.3) is 38.7 Å². The lowest BCUT2D eigenvalue weighted by molar-refractivity contribution is 0.906. The van der Waals surface area contributed by atoms with Crippen molar-refractivity contribution in [3.05, 3.63) is 70.2 Å². The molecule has 29 heavy (non-hydrogen) atoms. The molecule has 0 saturated heterocycles. The van der Waals surface area contributed by atoms with Crippen molar-refractivity contribution in [3.63, 3.8) is 0 Å². The van der Waals surface area contributed by atoms with Crippen LogP contribution < -0.4 is 5.73 Å². The first-order chi connectivity index (χ1) is 14.1. The minimum atomic E-state index is 0.382. The zero-order valence-electron chi connectivity index (χ0n) is 14.8. The van der Waals surface area contributed by atoms with E-state index in [1.165, 1.54) is 11.3 Å². The van der Waals surface area contributed by atoms with Gasteiger partial charge in [0.1, 0.15) is 5.01 Å². The highest BCUT2D eigenvalue weighted by Crippen LogP contribution is 2.32. The number of nitrogen functional groups attached to an aromatic ring is 1. The molecule has 6 nitrogen and oxygen atoms in total. The first kappa shape index (κ1) is 18.1. The number of nitrogens with two attached hydrogens (primary N) is 1. The van der Waals surface area contributed by atoms with E-state index in [-0.39, 0.29) is 0 Å². The van der Waals surface area contributed by atoms with Crippen LogP contribution in [-0.2, 0) is 0 Å². The van der Waals surface area contributed by atoms with Crippen LogP contribution in [0.1, 0.15) is 0 Å². The maximum absolute atomic E-state index is 6.36. The second kappa shape index (κ2) is 7.11. The molecule has 142 valence electrons. The fourth-order valence-corrected chi connectivity index (χ4v) is 4.06. The Morgan fingerprint density at radius 2 is 1.52 bits per heavy atom. The zero-order valence-corrected chi connectivity index (χ0v) is 17.1. The number of thiazole rings is 1. The molecule has 0 spiro atoms. The van der Waals surface area contributed by atoms with Gasteiger partial charge in [-0.2, -0.15) is 9.61 Å². The van der Waals surface area contributed by atoms with Crippen molar-refractivity contribution in [1.29, 1.82) is 0 Å². The second-order valence-electron chi connectivity index (χ2n) is 6.28. The van der Waals surface area contributed by atoms with Gasteiger partial charge in [0, 0.05) is 26.6 Å². The Morgan fingerprint density at radius 3 is 2.21 bits per heavy atom. The Labute approximate surface area is 179 Å². The Bertz CT molecular complexity index is 1330. The summed E-state index contributed by atoms with van der Waals surface area (Å²) in [6.45, 7) is 0. The van der Waals surface area contributed by atoms with Gasteiger partial charge in [0.05, 0.1) is 11.9 Å². The molecule has 3 aromatic heterocycles. The number of anilines is 1. The SMILES string of the molecule is Nc1c(-c2nc(-c3ccc(Cl)cc3)cs2)nnc2c(-c3ccc(Cl)cc3)cnn12. The third kappa shape index (κ3) is 3.23. The van der Waals surface area contributed by atoms with Crippen LogP contribution >= 0.6 is 34.5 Å². The van der Waals surface area contributed by atoms with Crippen molar-refractivity contribution in [2.75, 3.05) is 5.73 Å². The molecule has 0 radical (unpaired) electrons. The highest BCUT2D eigenvalue weighted by Gasteiger charge is 2.18. The van der Waals surface area contributed by atoms with Crippen molar-refractivity contribution in [1.82, 2.24) is 24.8 Å². The van der Waals surface area contributed by atoms with Gasteiger partial charge in [-0.3, -0.25) is 0 Å². The van der Waals surface area contributed by atoms with Gasteiger partial charge in [-0.05, 0) is 29.8 Å². The number of hydrogen-bond donors (Lipinski definition) is 1. The summed E-state index contributed by atoms with van der Waals surface area (Å²) in [6.07, 6.45) is 1.72. The van der Waals surface area contributed by atoms with Gasteiger partial charge in [-0.1, -0.05) is 47.5 Å². The molecule has 0 saturated carbocycles. The molecule has 0 bridgehead atoms. The third-order valence-electron chi connectivity index (χ3n) is 4.46. The van der Waals surface area contributed by atoms with Gasteiger partial charge in [0.15, 0.2) is 17.2 Å². The van der Waals surface area contributed by atoms with E-state index in [0.717, 1.165) is 22.4 Å². The first-order valence-corrected chi connectivity index (χ1v) is 10.2. The normalized spacial score (nSPS) is 11.2. The lowest BCUT2D eigenvalue weighted by atomic mass is 10.1. The molecular formula is C20H12Cl2N6S. The standard InChI is InChI=1S/C20H12Cl2N6S/c21-13-5-1-11(2-6-13)15-9-24-28-18(23)17(26-27-19(15)28)20-25-16(10-29-20)12-3-7-14(22)8-4-12/h1-10H,23H2. The van der Waals surface area contributed by atoms with E-state index in [1.807, 2.05) is 53.9 Å². The van der Waals surface area contributed by atoms with Crippen LogP contribution in [0.2, 0.25) is 10.0 Å². The zero-order chi connectivity index (χ0) is 20.0. The fraction of sp³-hybridized carbons (Fsp3) is 0. The molecule has 0 aliphatic heterocycles.